The summed E-state index contributed by atoms with van der Waals surface area (Å²) in [7, 11) is 0. The van der Waals surface area contributed by atoms with Crippen molar-refractivity contribution in [2.75, 3.05) is 6.54 Å². The standard InChI is InChI=1S/C7H12N2O/c10-6-1-2-7(5-6)3-4-8-9-7/h8-9H,1-5H2. The molecule has 3 heteroatoms. The summed E-state index contributed by atoms with van der Waals surface area (Å²) < 4.78 is 0. The van der Waals surface area contributed by atoms with Gasteiger partial charge in [0.25, 0.3) is 0 Å². The van der Waals surface area contributed by atoms with Crippen LogP contribution in [0.15, 0.2) is 0 Å². The first-order chi connectivity index (χ1) is 4.81. The Labute approximate surface area is 60.1 Å². The largest absolute Gasteiger partial charge is 0.300 e. The fourth-order valence-corrected chi connectivity index (χ4v) is 1.87. The highest BCUT2D eigenvalue weighted by molar-refractivity contribution is 5.82. The number of ketones is 1. The fourth-order valence-electron chi connectivity index (χ4n) is 1.87. The smallest absolute Gasteiger partial charge is 0.134 e. The van der Waals surface area contributed by atoms with Crippen molar-refractivity contribution < 1.29 is 4.79 Å². The lowest BCUT2D eigenvalue weighted by atomic mass is 9.96. The van der Waals surface area contributed by atoms with E-state index in [2.05, 4.69) is 10.9 Å². The summed E-state index contributed by atoms with van der Waals surface area (Å²) in [6, 6.07) is 0. The summed E-state index contributed by atoms with van der Waals surface area (Å²) in [5.41, 5.74) is 6.41. The van der Waals surface area contributed by atoms with E-state index in [4.69, 9.17) is 0 Å². The molecule has 2 fully saturated rings. The average Bonchev–Trinajstić information content (AvgIpc) is 2.46. The Morgan fingerprint density at radius 1 is 1.40 bits per heavy atom. The van der Waals surface area contributed by atoms with Gasteiger partial charge in [0.1, 0.15) is 5.78 Å². The molecule has 3 nitrogen and oxygen atoms in total. The molecule has 1 aliphatic carbocycles. The molecular formula is C7H12N2O. The second-order valence-corrected chi connectivity index (χ2v) is 3.30. The van der Waals surface area contributed by atoms with Crippen LogP contribution in [0.4, 0.5) is 0 Å². The van der Waals surface area contributed by atoms with Gasteiger partial charge in [0.15, 0.2) is 0 Å². The molecule has 56 valence electrons. The minimum Gasteiger partial charge on any atom is -0.300 e. The van der Waals surface area contributed by atoms with Crippen LogP contribution >= 0.6 is 0 Å². The summed E-state index contributed by atoms with van der Waals surface area (Å²) in [4.78, 5) is 10.9. The van der Waals surface area contributed by atoms with Gasteiger partial charge < -0.3 is 0 Å². The van der Waals surface area contributed by atoms with E-state index >= 15 is 0 Å². The highest BCUT2D eigenvalue weighted by Crippen LogP contribution is 2.31. The molecule has 0 radical (unpaired) electrons. The third-order valence-corrected chi connectivity index (χ3v) is 2.50. The van der Waals surface area contributed by atoms with Crippen molar-refractivity contribution in [2.45, 2.75) is 31.2 Å². The first-order valence-electron chi connectivity index (χ1n) is 3.83. The fraction of sp³-hybridized carbons (Fsp3) is 0.857. The van der Waals surface area contributed by atoms with Gasteiger partial charge in [0.05, 0.1) is 0 Å². The first-order valence-corrected chi connectivity index (χ1v) is 3.83. The second kappa shape index (κ2) is 2.04. The van der Waals surface area contributed by atoms with Crippen LogP contribution < -0.4 is 10.9 Å². The third-order valence-electron chi connectivity index (χ3n) is 2.50. The topological polar surface area (TPSA) is 41.1 Å². The van der Waals surface area contributed by atoms with Crippen LogP contribution in [-0.2, 0) is 4.79 Å². The Bertz CT molecular complexity index is 161. The van der Waals surface area contributed by atoms with Crippen LogP contribution in [-0.4, -0.2) is 17.9 Å². The molecule has 1 unspecified atom stereocenters. The van der Waals surface area contributed by atoms with Crippen LogP contribution in [0.1, 0.15) is 25.7 Å². The van der Waals surface area contributed by atoms with Gasteiger partial charge in [-0.2, -0.15) is 0 Å². The summed E-state index contributed by atoms with van der Waals surface area (Å²) >= 11 is 0. The third kappa shape index (κ3) is 0.859. The van der Waals surface area contributed by atoms with Gasteiger partial charge in [-0.25, -0.2) is 0 Å². The molecule has 2 N–H and O–H groups in total. The summed E-state index contributed by atoms with van der Waals surface area (Å²) in [6.45, 7) is 1.01. The lowest BCUT2D eigenvalue weighted by Crippen LogP contribution is -2.41. The van der Waals surface area contributed by atoms with E-state index in [0.29, 0.717) is 5.78 Å². The molecule has 1 aliphatic heterocycles. The van der Waals surface area contributed by atoms with Crippen molar-refractivity contribution in [1.82, 2.24) is 10.9 Å². The molecule has 0 aromatic rings. The maximum absolute atomic E-state index is 10.9. The Balaban J connectivity index is 2.09. The van der Waals surface area contributed by atoms with Gasteiger partial charge in [-0.3, -0.25) is 15.6 Å². The highest BCUT2D eigenvalue weighted by atomic mass is 16.1. The van der Waals surface area contributed by atoms with Gasteiger partial charge in [0, 0.05) is 24.9 Å². The van der Waals surface area contributed by atoms with E-state index in [9.17, 15) is 4.79 Å². The van der Waals surface area contributed by atoms with Gasteiger partial charge in [-0.05, 0) is 12.8 Å². The van der Waals surface area contributed by atoms with Crippen LogP contribution in [0, 0.1) is 0 Å². The Kier molecular flexibility index (Phi) is 1.28. The second-order valence-electron chi connectivity index (χ2n) is 3.30. The number of carbonyl (C=O) groups excluding carboxylic acids is 1. The van der Waals surface area contributed by atoms with Crippen LogP contribution in [0.5, 0.6) is 0 Å². The number of carbonyl (C=O) groups is 1. The Morgan fingerprint density at radius 3 is 2.80 bits per heavy atom. The Hall–Kier alpha value is -0.410. The molecule has 1 saturated heterocycles. The predicted molar refractivity (Wildman–Crippen MR) is 37.3 cm³/mol. The molecule has 1 heterocycles. The zero-order valence-electron chi connectivity index (χ0n) is 5.94. The molecule has 0 aromatic carbocycles. The van der Waals surface area contributed by atoms with E-state index in [0.717, 1.165) is 32.2 Å². The van der Waals surface area contributed by atoms with E-state index < -0.39 is 0 Å². The predicted octanol–water partition coefficient (Wildman–Crippen LogP) is -0.0239. The lowest BCUT2D eigenvalue weighted by molar-refractivity contribution is -0.117. The molecule has 1 spiro atoms. The normalized spacial score (nSPS) is 39.8. The van der Waals surface area contributed by atoms with Crippen molar-refractivity contribution in [3.05, 3.63) is 0 Å². The van der Waals surface area contributed by atoms with Crippen molar-refractivity contribution in [2.24, 2.45) is 0 Å². The lowest BCUT2D eigenvalue weighted by Gasteiger charge is -2.19. The zero-order valence-corrected chi connectivity index (χ0v) is 5.94. The quantitative estimate of drug-likeness (QED) is 0.496. The first kappa shape index (κ1) is 6.31. The molecule has 0 aromatic heterocycles. The van der Waals surface area contributed by atoms with Gasteiger partial charge >= 0.3 is 0 Å². The van der Waals surface area contributed by atoms with Gasteiger partial charge in [-0.15, -0.1) is 0 Å². The highest BCUT2D eigenvalue weighted by Gasteiger charge is 2.40. The SMILES string of the molecule is O=C1CCC2(CCNN2)C1. The number of hydrogen-bond acceptors (Lipinski definition) is 3. The molecule has 2 rings (SSSR count). The van der Waals surface area contributed by atoms with Gasteiger partial charge in [0.2, 0.25) is 0 Å². The maximum Gasteiger partial charge on any atom is 0.134 e. The van der Waals surface area contributed by atoms with E-state index in [-0.39, 0.29) is 5.54 Å². The van der Waals surface area contributed by atoms with E-state index in [1.807, 2.05) is 0 Å². The number of hydrazine groups is 1. The van der Waals surface area contributed by atoms with E-state index in [1.165, 1.54) is 0 Å². The Morgan fingerprint density at radius 2 is 2.30 bits per heavy atom. The van der Waals surface area contributed by atoms with Crippen LogP contribution in [0.25, 0.3) is 0 Å². The number of hydrogen-bond donors (Lipinski definition) is 2. The molecular weight excluding hydrogens is 128 g/mol. The van der Waals surface area contributed by atoms with Crippen LogP contribution in [0.2, 0.25) is 0 Å². The molecule has 1 atom stereocenters. The van der Waals surface area contributed by atoms with Crippen molar-refractivity contribution >= 4 is 5.78 Å². The van der Waals surface area contributed by atoms with Gasteiger partial charge in [-0.1, -0.05) is 0 Å². The average molecular weight is 140 g/mol. The molecule has 2 aliphatic rings. The number of nitrogens with one attached hydrogen (secondary N) is 2. The van der Waals surface area contributed by atoms with Crippen LogP contribution in [0.3, 0.4) is 0 Å². The maximum atomic E-state index is 10.9. The number of Topliss-reactive ketones (excluding diaryl/α,β-unsaturated/α-hetero) is 1. The number of rotatable bonds is 0. The van der Waals surface area contributed by atoms with Crippen molar-refractivity contribution in [3.8, 4) is 0 Å². The molecule has 0 amide bonds. The summed E-state index contributed by atoms with van der Waals surface area (Å²) in [6.07, 6.45) is 3.65. The summed E-state index contributed by atoms with van der Waals surface area (Å²) in [5, 5.41) is 0. The van der Waals surface area contributed by atoms with E-state index in [1.54, 1.807) is 0 Å². The molecule has 10 heavy (non-hydrogen) atoms. The van der Waals surface area contributed by atoms with Crippen molar-refractivity contribution in [1.29, 1.82) is 0 Å². The monoisotopic (exact) mass is 140 g/mol. The van der Waals surface area contributed by atoms with Crippen molar-refractivity contribution in [3.63, 3.8) is 0 Å². The molecule has 1 saturated carbocycles. The minimum atomic E-state index is 0.150. The molecule has 0 bridgehead atoms. The summed E-state index contributed by atoms with van der Waals surface area (Å²) in [5.74, 6) is 0.413. The minimum absolute atomic E-state index is 0.150. The zero-order chi connectivity index (χ0) is 7.03.